The summed E-state index contributed by atoms with van der Waals surface area (Å²) < 4.78 is 0.823. The summed E-state index contributed by atoms with van der Waals surface area (Å²) in [5, 5.41) is 2.06. The zero-order chi connectivity index (χ0) is 9.26. The van der Waals surface area contributed by atoms with Gasteiger partial charge in [0.2, 0.25) is 0 Å². The van der Waals surface area contributed by atoms with E-state index in [9.17, 15) is 0 Å². The Morgan fingerprint density at radius 3 is 2.77 bits per heavy atom. The third kappa shape index (κ3) is 1.79. The van der Waals surface area contributed by atoms with Gasteiger partial charge < -0.3 is 5.73 Å². The molecule has 0 spiro atoms. The number of thiophene rings is 2. The molecule has 68 valence electrons. The molecule has 0 unspecified atom stereocenters. The van der Waals surface area contributed by atoms with Crippen LogP contribution < -0.4 is 5.73 Å². The maximum Gasteiger partial charge on any atom is 0.0934 e. The van der Waals surface area contributed by atoms with Gasteiger partial charge in [0.05, 0.1) is 4.34 Å². The molecule has 2 heterocycles. The molecule has 0 atom stereocenters. The van der Waals surface area contributed by atoms with Gasteiger partial charge in [-0.05, 0) is 23.6 Å². The SMILES string of the molecule is NCc1sccc1-c1ccc(Cl)s1. The molecular formula is C9H8ClNS2. The van der Waals surface area contributed by atoms with Crippen molar-refractivity contribution in [3.63, 3.8) is 0 Å². The minimum atomic E-state index is 0.600. The Bertz CT molecular complexity index is 405. The van der Waals surface area contributed by atoms with Crippen LogP contribution in [0.5, 0.6) is 0 Å². The van der Waals surface area contributed by atoms with E-state index >= 15 is 0 Å². The summed E-state index contributed by atoms with van der Waals surface area (Å²) in [5.41, 5.74) is 6.85. The first kappa shape index (κ1) is 9.21. The van der Waals surface area contributed by atoms with Gasteiger partial charge in [0.15, 0.2) is 0 Å². The van der Waals surface area contributed by atoms with E-state index in [0.29, 0.717) is 6.54 Å². The summed E-state index contributed by atoms with van der Waals surface area (Å²) in [7, 11) is 0. The van der Waals surface area contributed by atoms with Gasteiger partial charge in [-0.2, -0.15) is 0 Å². The largest absolute Gasteiger partial charge is 0.326 e. The van der Waals surface area contributed by atoms with Crippen molar-refractivity contribution < 1.29 is 0 Å². The molecule has 0 bridgehead atoms. The number of nitrogens with two attached hydrogens (primary N) is 1. The minimum Gasteiger partial charge on any atom is -0.326 e. The number of rotatable bonds is 2. The maximum absolute atomic E-state index is 5.86. The predicted molar refractivity (Wildman–Crippen MR) is 60.5 cm³/mol. The Labute approximate surface area is 89.8 Å². The van der Waals surface area contributed by atoms with Crippen LogP contribution in [0.2, 0.25) is 4.34 Å². The highest BCUT2D eigenvalue weighted by molar-refractivity contribution is 7.19. The third-order valence-corrected chi connectivity index (χ3v) is 3.98. The second-order valence-electron chi connectivity index (χ2n) is 2.57. The highest BCUT2D eigenvalue weighted by atomic mass is 35.5. The van der Waals surface area contributed by atoms with Crippen LogP contribution in [0.15, 0.2) is 23.6 Å². The van der Waals surface area contributed by atoms with E-state index in [-0.39, 0.29) is 0 Å². The normalized spacial score (nSPS) is 10.6. The number of halogens is 1. The molecule has 0 aliphatic carbocycles. The highest BCUT2D eigenvalue weighted by Gasteiger charge is 2.07. The van der Waals surface area contributed by atoms with Crippen molar-refractivity contribution in [2.45, 2.75) is 6.54 Å². The third-order valence-electron chi connectivity index (χ3n) is 1.77. The molecule has 2 aromatic heterocycles. The van der Waals surface area contributed by atoms with Crippen molar-refractivity contribution in [3.8, 4) is 10.4 Å². The lowest BCUT2D eigenvalue weighted by Crippen LogP contribution is -1.93. The summed E-state index contributed by atoms with van der Waals surface area (Å²) in [6.45, 7) is 0.600. The molecule has 0 aliphatic heterocycles. The van der Waals surface area contributed by atoms with Crippen molar-refractivity contribution in [1.82, 2.24) is 0 Å². The lowest BCUT2D eigenvalue weighted by atomic mass is 10.2. The molecule has 0 amide bonds. The maximum atomic E-state index is 5.86. The number of hydrogen-bond donors (Lipinski definition) is 1. The van der Waals surface area contributed by atoms with Gasteiger partial charge in [-0.3, -0.25) is 0 Å². The molecule has 4 heteroatoms. The Hall–Kier alpha value is -0.350. The van der Waals surface area contributed by atoms with Crippen LogP contribution in [0.1, 0.15) is 4.88 Å². The molecule has 2 rings (SSSR count). The quantitative estimate of drug-likeness (QED) is 0.837. The van der Waals surface area contributed by atoms with Gasteiger partial charge >= 0.3 is 0 Å². The molecule has 2 aromatic rings. The van der Waals surface area contributed by atoms with E-state index in [1.54, 1.807) is 22.7 Å². The molecule has 1 nitrogen and oxygen atoms in total. The van der Waals surface area contributed by atoms with Gasteiger partial charge in [0.25, 0.3) is 0 Å². The second kappa shape index (κ2) is 3.80. The molecule has 0 aromatic carbocycles. The van der Waals surface area contributed by atoms with E-state index < -0.39 is 0 Å². The van der Waals surface area contributed by atoms with Crippen molar-refractivity contribution >= 4 is 34.3 Å². The van der Waals surface area contributed by atoms with E-state index in [0.717, 1.165) is 4.34 Å². The Kier molecular flexibility index (Phi) is 2.69. The molecule has 0 fully saturated rings. The lowest BCUT2D eigenvalue weighted by molar-refractivity contribution is 1.11. The van der Waals surface area contributed by atoms with Crippen LogP contribution >= 0.6 is 34.3 Å². The predicted octanol–water partition coefficient (Wildman–Crippen LogP) is 3.59. The smallest absolute Gasteiger partial charge is 0.0934 e. The first-order valence-corrected chi connectivity index (χ1v) is 5.91. The average Bonchev–Trinajstić information content (AvgIpc) is 2.71. The fourth-order valence-corrected chi connectivity index (χ4v) is 3.11. The van der Waals surface area contributed by atoms with E-state index in [4.69, 9.17) is 17.3 Å². The van der Waals surface area contributed by atoms with E-state index in [1.165, 1.54) is 15.3 Å². The van der Waals surface area contributed by atoms with Crippen LogP contribution in [0, 0.1) is 0 Å². The van der Waals surface area contributed by atoms with Crippen molar-refractivity contribution in [2.75, 3.05) is 0 Å². The number of hydrogen-bond acceptors (Lipinski definition) is 3. The van der Waals surface area contributed by atoms with Crippen LogP contribution in [0.3, 0.4) is 0 Å². The summed E-state index contributed by atoms with van der Waals surface area (Å²) in [6, 6.07) is 6.04. The second-order valence-corrected chi connectivity index (χ2v) is 5.28. The Morgan fingerprint density at radius 1 is 1.31 bits per heavy atom. The van der Waals surface area contributed by atoms with Gasteiger partial charge in [0.1, 0.15) is 0 Å². The topological polar surface area (TPSA) is 26.0 Å². The Balaban J connectivity index is 2.45. The van der Waals surface area contributed by atoms with E-state index in [1.807, 2.05) is 12.1 Å². The molecule has 0 saturated carbocycles. The fraction of sp³-hybridized carbons (Fsp3) is 0.111. The zero-order valence-electron chi connectivity index (χ0n) is 6.79. The lowest BCUT2D eigenvalue weighted by Gasteiger charge is -1.96. The summed E-state index contributed by atoms with van der Waals surface area (Å²) in [5.74, 6) is 0. The zero-order valence-corrected chi connectivity index (χ0v) is 9.18. The highest BCUT2D eigenvalue weighted by Crippen LogP contribution is 2.35. The van der Waals surface area contributed by atoms with Crippen molar-refractivity contribution in [2.24, 2.45) is 5.73 Å². The van der Waals surface area contributed by atoms with Crippen LogP contribution in [-0.2, 0) is 6.54 Å². The minimum absolute atomic E-state index is 0.600. The molecule has 0 aliphatic rings. The summed E-state index contributed by atoms with van der Waals surface area (Å²) in [4.78, 5) is 2.42. The Morgan fingerprint density at radius 2 is 2.15 bits per heavy atom. The van der Waals surface area contributed by atoms with Gasteiger partial charge in [-0.15, -0.1) is 22.7 Å². The van der Waals surface area contributed by atoms with Gasteiger partial charge in [-0.25, -0.2) is 0 Å². The standard InChI is InChI=1S/C9H8ClNS2/c10-9-2-1-7(13-9)6-3-4-12-8(6)5-11/h1-4H,5,11H2. The van der Waals surface area contributed by atoms with Gasteiger partial charge in [0, 0.05) is 21.9 Å². The monoisotopic (exact) mass is 229 g/mol. The molecule has 0 radical (unpaired) electrons. The van der Waals surface area contributed by atoms with Crippen LogP contribution in [-0.4, -0.2) is 0 Å². The first-order chi connectivity index (χ1) is 6.31. The molecular weight excluding hydrogens is 222 g/mol. The first-order valence-electron chi connectivity index (χ1n) is 3.83. The van der Waals surface area contributed by atoms with Crippen molar-refractivity contribution in [1.29, 1.82) is 0 Å². The summed E-state index contributed by atoms with van der Waals surface area (Å²) >= 11 is 9.15. The molecule has 13 heavy (non-hydrogen) atoms. The van der Waals surface area contributed by atoms with Crippen LogP contribution in [0.4, 0.5) is 0 Å². The van der Waals surface area contributed by atoms with E-state index in [2.05, 4.69) is 11.4 Å². The molecule has 2 N–H and O–H groups in total. The summed E-state index contributed by atoms with van der Waals surface area (Å²) in [6.07, 6.45) is 0. The van der Waals surface area contributed by atoms with Gasteiger partial charge in [-0.1, -0.05) is 11.6 Å². The average molecular weight is 230 g/mol. The fourth-order valence-electron chi connectivity index (χ4n) is 1.18. The van der Waals surface area contributed by atoms with Crippen molar-refractivity contribution in [3.05, 3.63) is 32.8 Å². The van der Waals surface area contributed by atoms with Crippen LogP contribution in [0.25, 0.3) is 10.4 Å². The molecule has 0 saturated heterocycles.